The van der Waals surface area contributed by atoms with Crippen molar-refractivity contribution in [2.45, 2.75) is 26.3 Å². The lowest BCUT2D eigenvalue weighted by Gasteiger charge is -2.30. The van der Waals surface area contributed by atoms with Gasteiger partial charge in [0.25, 0.3) is 0 Å². The maximum absolute atomic E-state index is 12.7. The summed E-state index contributed by atoms with van der Waals surface area (Å²) in [6, 6.07) is 12.9. The second-order valence-corrected chi connectivity index (χ2v) is 8.11. The quantitative estimate of drug-likeness (QED) is 0.828. The third-order valence-corrected chi connectivity index (χ3v) is 5.13. The van der Waals surface area contributed by atoms with E-state index in [1.54, 1.807) is 43.3 Å². The number of halogens is 1. The molecule has 1 amide bonds. The Morgan fingerprint density at radius 1 is 1.20 bits per heavy atom. The van der Waals surface area contributed by atoms with Gasteiger partial charge in [-0.15, -0.1) is 0 Å². The molecule has 2 aromatic rings. The lowest BCUT2D eigenvalue weighted by atomic mass is 10.1. The van der Waals surface area contributed by atoms with Crippen molar-refractivity contribution in [1.29, 1.82) is 0 Å². The Kier molecular flexibility index (Phi) is 6.08. The number of hydrogen-bond donors (Lipinski definition) is 1. The second kappa shape index (κ2) is 7.89. The van der Waals surface area contributed by atoms with E-state index in [0.29, 0.717) is 22.8 Å². The second-order valence-electron chi connectivity index (χ2n) is 5.82. The zero-order valence-corrected chi connectivity index (χ0v) is 15.9. The maximum Gasteiger partial charge on any atom is 0.248 e. The molecule has 1 atom stereocenters. The van der Waals surface area contributed by atoms with Crippen LogP contribution < -0.4 is 9.62 Å². The van der Waals surface area contributed by atoms with Crippen molar-refractivity contribution in [3.8, 4) is 0 Å². The standard InChI is InChI=1S/C18H21ClN2O3S/c1-4-17(18(22)20-15-7-5-6-14(19)12-15)21(25(3,23)24)16-10-8-13(2)9-11-16/h5-12,17H,4H2,1-3H3,(H,20,22)/t17-/m0/s1. The lowest BCUT2D eigenvalue weighted by molar-refractivity contribution is -0.117. The van der Waals surface area contributed by atoms with Gasteiger partial charge in [-0.1, -0.05) is 42.3 Å². The van der Waals surface area contributed by atoms with Gasteiger partial charge < -0.3 is 5.32 Å². The van der Waals surface area contributed by atoms with E-state index in [0.717, 1.165) is 16.1 Å². The number of aryl methyl sites for hydroxylation is 1. The Bertz CT molecular complexity index is 851. The van der Waals surface area contributed by atoms with Gasteiger partial charge in [0.1, 0.15) is 6.04 Å². The summed E-state index contributed by atoms with van der Waals surface area (Å²) < 4.78 is 25.9. The van der Waals surface area contributed by atoms with E-state index in [4.69, 9.17) is 11.6 Å². The molecular formula is C18H21ClN2O3S. The van der Waals surface area contributed by atoms with Gasteiger partial charge in [0.05, 0.1) is 11.9 Å². The Labute approximate surface area is 153 Å². The van der Waals surface area contributed by atoms with Gasteiger partial charge >= 0.3 is 0 Å². The van der Waals surface area contributed by atoms with E-state index in [2.05, 4.69) is 5.32 Å². The van der Waals surface area contributed by atoms with Crippen molar-refractivity contribution in [2.75, 3.05) is 15.9 Å². The molecule has 7 heteroatoms. The number of anilines is 2. The minimum atomic E-state index is -3.64. The molecule has 0 radical (unpaired) electrons. The summed E-state index contributed by atoms with van der Waals surface area (Å²) in [5, 5.41) is 3.23. The molecule has 0 spiro atoms. The molecular weight excluding hydrogens is 360 g/mol. The van der Waals surface area contributed by atoms with Crippen LogP contribution in [0.3, 0.4) is 0 Å². The Morgan fingerprint density at radius 2 is 1.84 bits per heavy atom. The SMILES string of the molecule is CC[C@@H](C(=O)Nc1cccc(Cl)c1)N(c1ccc(C)cc1)S(C)(=O)=O. The number of nitrogens with zero attached hydrogens (tertiary/aromatic N) is 1. The number of benzene rings is 2. The average molecular weight is 381 g/mol. The van der Waals surface area contributed by atoms with Gasteiger partial charge in [0.15, 0.2) is 0 Å². The molecule has 134 valence electrons. The first-order valence-corrected chi connectivity index (χ1v) is 10.1. The highest BCUT2D eigenvalue weighted by Gasteiger charge is 2.31. The van der Waals surface area contributed by atoms with Crippen LogP contribution in [0.4, 0.5) is 11.4 Å². The lowest BCUT2D eigenvalue weighted by Crippen LogP contribution is -2.47. The first kappa shape index (κ1) is 19.3. The summed E-state index contributed by atoms with van der Waals surface area (Å²) in [5.74, 6) is -0.407. The van der Waals surface area contributed by atoms with Crippen LogP contribution in [0.2, 0.25) is 5.02 Å². The number of sulfonamides is 1. The van der Waals surface area contributed by atoms with Crippen molar-refractivity contribution in [2.24, 2.45) is 0 Å². The van der Waals surface area contributed by atoms with Crippen molar-refractivity contribution in [1.82, 2.24) is 0 Å². The molecule has 0 fully saturated rings. The van der Waals surface area contributed by atoms with Gasteiger partial charge in [0.2, 0.25) is 15.9 Å². The highest BCUT2D eigenvalue weighted by molar-refractivity contribution is 7.92. The Balaban J connectivity index is 2.36. The van der Waals surface area contributed by atoms with Gasteiger partial charge in [-0.05, 0) is 43.7 Å². The molecule has 0 aliphatic carbocycles. The molecule has 0 saturated heterocycles. The summed E-state index contributed by atoms with van der Waals surface area (Å²) >= 11 is 5.93. The zero-order chi connectivity index (χ0) is 18.6. The van der Waals surface area contributed by atoms with Crippen LogP contribution >= 0.6 is 11.6 Å². The normalized spacial score (nSPS) is 12.5. The highest BCUT2D eigenvalue weighted by Crippen LogP contribution is 2.24. The minimum absolute atomic E-state index is 0.327. The fraction of sp³-hybridized carbons (Fsp3) is 0.278. The van der Waals surface area contributed by atoms with E-state index in [1.807, 2.05) is 19.1 Å². The van der Waals surface area contributed by atoms with E-state index in [1.165, 1.54) is 0 Å². The van der Waals surface area contributed by atoms with Crippen molar-refractivity contribution < 1.29 is 13.2 Å². The highest BCUT2D eigenvalue weighted by atomic mass is 35.5. The first-order valence-electron chi connectivity index (χ1n) is 7.85. The molecule has 0 saturated carbocycles. The molecule has 0 unspecified atom stereocenters. The smallest absolute Gasteiger partial charge is 0.248 e. The Hall–Kier alpha value is -2.05. The third-order valence-electron chi connectivity index (χ3n) is 3.71. The van der Waals surface area contributed by atoms with Crippen LogP contribution in [0.5, 0.6) is 0 Å². The molecule has 5 nitrogen and oxygen atoms in total. The molecule has 0 aromatic heterocycles. The molecule has 0 heterocycles. The number of carbonyl (C=O) groups is 1. The van der Waals surface area contributed by atoms with Gasteiger partial charge in [-0.2, -0.15) is 0 Å². The molecule has 2 aromatic carbocycles. The van der Waals surface area contributed by atoms with Crippen LogP contribution in [-0.2, 0) is 14.8 Å². The fourth-order valence-corrected chi connectivity index (χ4v) is 3.95. The number of amides is 1. The topological polar surface area (TPSA) is 66.5 Å². The van der Waals surface area contributed by atoms with Crippen molar-refractivity contribution in [3.63, 3.8) is 0 Å². The fourth-order valence-electron chi connectivity index (χ4n) is 2.54. The largest absolute Gasteiger partial charge is 0.324 e. The summed E-state index contributed by atoms with van der Waals surface area (Å²) in [6.07, 6.45) is 1.43. The predicted molar refractivity (Wildman–Crippen MR) is 103 cm³/mol. The molecule has 0 aliphatic heterocycles. The van der Waals surface area contributed by atoms with Crippen molar-refractivity contribution in [3.05, 3.63) is 59.1 Å². The summed E-state index contributed by atoms with van der Waals surface area (Å²) in [6.45, 7) is 3.69. The minimum Gasteiger partial charge on any atom is -0.324 e. The van der Waals surface area contributed by atoms with Gasteiger partial charge in [0, 0.05) is 10.7 Å². The molecule has 0 aliphatic rings. The summed E-state index contributed by atoms with van der Waals surface area (Å²) in [7, 11) is -3.64. The van der Waals surface area contributed by atoms with Crippen LogP contribution in [0.1, 0.15) is 18.9 Å². The average Bonchev–Trinajstić information content (AvgIpc) is 2.52. The number of rotatable bonds is 6. The molecule has 1 N–H and O–H groups in total. The predicted octanol–water partition coefficient (Wildman–Crippen LogP) is 3.83. The van der Waals surface area contributed by atoms with Crippen LogP contribution in [0, 0.1) is 6.92 Å². The monoisotopic (exact) mass is 380 g/mol. The summed E-state index contributed by atoms with van der Waals surface area (Å²) in [5.41, 5.74) is 1.99. The van der Waals surface area contributed by atoms with Gasteiger partial charge in [-0.3, -0.25) is 9.10 Å². The van der Waals surface area contributed by atoms with Gasteiger partial charge in [-0.25, -0.2) is 8.42 Å². The van der Waals surface area contributed by atoms with E-state index < -0.39 is 22.0 Å². The zero-order valence-electron chi connectivity index (χ0n) is 14.4. The number of nitrogens with one attached hydrogen (secondary N) is 1. The van der Waals surface area contributed by atoms with E-state index in [-0.39, 0.29) is 0 Å². The third kappa shape index (κ3) is 4.96. The number of hydrogen-bond acceptors (Lipinski definition) is 3. The molecule has 25 heavy (non-hydrogen) atoms. The maximum atomic E-state index is 12.7. The van der Waals surface area contributed by atoms with Crippen LogP contribution in [0.15, 0.2) is 48.5 Å². The molecule has 0 bridgehead atoms. The Morgan fingerprint density at radius 3 is 2.36 bits per heavy atom. The van der Waals surface area contributed by atoms with Crippen LogP contribution in [-0.4, -0.2) is 26.6 Å². The van der Waals surface area contributed by atoms with E-state index >= 15 is 0 Å². The van der Waals surface area contributed by atoms with Crippen molar-refractivity contribution >= 4 is 38.9 Å². The van der Waals surface area contributed by atoms with Crippen LogP contribution in [0.25, 0.3) is 0 Å². The first-order chi connectivity index (χ1) is 11.7. The molecule has 2 rings (SSSR count). The number of carbonyl (C=O) groups excluding carboxylic acids is 1. The van der Waals surface area contributed by atoms with E-state index in [9.17, 15) is 13.2 Å². The summed E-state index contributed by atoms with van der Waals surface area (Å²) in [4.78, 5) is 12.7.